The third kappa shape index (κ3) is 3.62. The summed E-state index contributed by atoms with van der Waals surface area (Å²) in [6, 6.07) is 17.8. The molecule has 0 spiro atoms. The van der Waals surface area contributed by atoms with Crippen molar-refractivity contribution in [3.8, 4) is 5.75 Å². The van der Waals surface area contributed by atoms with Crippen molar-refractivity contribution in [3.63, 3.8) is 0 Å². The van der Waals surface area contributed by atoms with Crippen LogP contribution in [0.4, 0.5) is 15.9 Å². The first-order valence-corrected chi connectivity index (χ1v) is 9.57. The summed E-state index contributed by atoms with van der Waals surface area (Å²) >= 11 is 5.88. The largest absolute Gasteiger partial charge is 0.486 e. The number of hydrogen-bond acceptors (Lipinski definition) is 5. The molecule has 0 saturated carbocycles. The first kappa shape index (κ1) is 18.3. The topological polar surface area (TPSA) is 75.7 Å². The van der Waals surface area contributed by atoms with Crippen LogP contribution in [0.25, 0.3) is 21.9 Å². The van der Waals surface area contributed by atoms with Gasteiger partial charge >= 0.3 is 0 Å². The molecule has 0 unspecified atom stereocenters. The average Bonchev–Trinajstić information content (AvgIpc) is 3.18. The van der Waals surface area contributed by atoms with Gasteiger partial charge in [0.15, 0.2) is 0 Å². The van der Waals surface area contributed by atoms with E-state index in [2.05, 4.69) is 25.3 Å². The van der Waals surface area contributed by atoms with E-state index in [4.69, 9.17) is 16.3 Å². The number of aromatic nitrogens is 4. The van der Waals surface area contributed by atoms with Crippen molar-refractivity contribution < 1.29 is 9.13 Å². The zero-order chi connectivity index (χ0) is 20.5. The molecule has 3 aromatic carbocycles. The molecule has 0 aliphatic heterocycles. The van der Waals surface area contributed by atoms with Gasteiger partial charge in [0.1, 0.15) is 36.1 Å². The molecule has 2 heterocycles. The van der Waals surface area contributed by atoms with Gasteiger partial charge in [-0.25, -0.2) is 19.3 Å². The zero-order valence-electron chi connectivity index (χ0n) is 15.6. The standard InChI is InChI=1S/C22H15ClFN5O/c23-16-9-13(5-7-17(16)24)27-22-15-10-14(6-8-18(15)25-12-26-22)30-11-21-28-19-3-1-2-4-20(19)29-21/h1-10,12H,11H2,(H,28,29)(H,25,26,27). The van der Waals surface area contributed by atoms with E-state index in [0.717, 1.165) is 27.8 Å². The van der Waals surface area contributed by atoms with E-state index in [9.17, 15) is 4.39 Å². The molecule has 0 fully saturated rings. The smallest absolute Gasteiger partial charge is 0.146 e. The molecule has 2 aromatic heterocycles. The van der Waals surface area contributed by atoms with Crippen molar-refractivity contribution in [1.29, 1.82) is 0 Å². The van der Waals surface area contributed by atoms with Crippen LogP contribution in [0.2, 0.25) is 5.02 Å². The number of benzene rings is 3. The SMILES string of the molecule is Fc1ccc(Nc2ncnc3ccc(OCc4nc5ccccc5[nH]4)cc23)cc1Cl. The first-order chi connectivity index (χ1) is 14.7. The Morgan fingerprint density at radius 2 is 1.90 bits per heavy atom. The molecule has 5 aromatic rings. The molecule has 148 valence electrons. The molecule has 5 rings (SSSR count). The summed E-state index contributed by atoms with van der Waals surface area (Å²) in [5, 5.41) is 3.96. The van der Waals surface area contributed by atoms with Crippen molar-refractivity contribution in [3.05, 3.63) is 83.7 Å². The minimum Gasteiger partial charge on any atom is -0.486 e. The van der Waals surface area contributed by atoms with Crippen LogP contribution in [0, 0.1) is 5.82 Å². The molecule has 0 bridgehead atoms. The summed E-state index contributed by atoms with van der Waals surface area (Å²) in [5.74, 6) is 1.48. The number of hydrogen-bond donors (Lipinski definition) is 2. The number of nitrogens with zero attached hydrogens (tertiary/aromatic N) is 3. The number of ether oxygens (including phenoxy) is 1. The van der Waals surface area contributed by atoms with E-state index in [-0.39, 0.29) is 5.02 Å². The fraction of sp³-hybridized carbons (Fsp3) is 0.0455. The maximum Gasteiger partial charge on any atom is 0.146 e. The van der Waals surface area contributed by atoms with Gasteiger partial charge in [0.2, 0.25) is 0 Å². The number of aromatic amines is 1. The van der Waals surface area contributed by atoms with Crippen LogP contribution >= 0.6 is 11.6 Å². The summed E-state index contributed by atoms with van der Waals surface area (Å²) in [6.07, 6.45) is 1.46. The molecule has 0 aliphatic rings. The van der Waals surface area contributed by atoms with E-state index in [1.807, 2.05) is 42.5 Å². The second-order valence-corrected chi connectivity index (χ2v) is 7.05. The fourth-order valence-electron chi connectivity index (χ4n) is 3.16. The highest BCUT2D eigenvalue weighted by Crippen LogP contribution is 2.28. The monoisotopic (exact) mass is 419 g/mol. The summed E-state index contributed by atoms with van der Waals surface area (Å²) < 4.78 is 19.3. The molecule has 6 nitrogen and oxygen atoms in total. The van der Waals surface area contributed by atoms with Crippen LogP contribution in [0.1, 0.15) is 5.82 Å². The Kier molecular flexibility index (Phi) is 4.65. The van der Waals surface area contributed by atoms with Gasteiger partial charge in [-0.05, 0) is 48.5 Å². The Bertz CT molecular complexity index is 1340. The van der Waals surface area contributed by atoms with Crippen LogP contribution in [0.3, 0.4) is 0 Å². The molecule has 0 aliphatic carbocycles. The molecule has 0 radical (unpaired) electrons. The summed E-state index contributed by atoms with van der Waals surface area (Å²) in [7, 11) is 0. The number of halogens is 2. The number of para-hydroxylation sites is 2. The summed E-state index contributed by atoms with van der Waals surface area (Å²) in [4.78, 5) is 16.4. The van der Waals surface area contributed by atoms with E-state index in [1.165, 1.54) is 18.5 Å². The highest BCUT2D eigenvalue weighted by molar-refractivity contribution is 6.31. The molecule has 30 heavy (non-hydrogen) atoms. The van der Waals surface area contributed by atoms with E-state index in [0.29, 0.717) is 23.9 Å². The lowest BCUT2D eigenvalue weighted by Crippen LogP contribution is -1.99. The molecular weight excluding hydrogens is 405 g/mol. The van der Waals surface area contributed by atoms with E-state index < -0.39 is 5.82 Å². The lowest BCUT2D eigenvalue weighted by atomic mass is 10.2. The zero-order valence-corrected chi connectivity index (χ0v) is 16.3. The van der Waals surface area contributed by atoms with Gasteiger partial charge < -0.3 is 15.0 Å². The average molecular weight is 420 g/mol. The molecule has 2 N–H and O–H groups in total. The van der Waals surface area contributed by atoms with Gasteiger partial charge in [-0.1, -0.05) is 23.7 Å². The van der Waals surface area contributed by atoms with Gasteiger partial charge in [-0.3, -0.25) is 0 Å². The number of imidazole rings is 1. The Balaban J connectivity index is 1.41. The minimum absolute atomic E-state index is 0.0354. The number of rotatable bonds is 5. The lowest BCUT2D eigenvalue weighted by molar-refractivity contribution is 0.298. The summed E-state index contributed by atoms with van der Waals surface area (Å²) in [6.45, 7) is 0.296. The Morgan fingerprint density at radius 3 is 2.77 bits per heavy atom. The van der Waals surface area contributed by atoms with Gasteiger partial charge in [-0.15, -0.1) is 0 Å². The predicted molar refractivity (Wildman–Crippen MR) is 115 cm³/mol. The van der Waals surface area contributed by atoms with Crippen LogP contribution < -0.4 is 10.1 Å². The Morgan fingerprint density at radius 1 is 1.00 bits per heavy atom. The summed E-state index contributed by atoms with van der Waals surface area (Å²) in [5.41, 5.74) is 3.23. The fourth-order valence-corrected chi connectivity index (χ4v) is 3.34. The van der Waals surface area contributed by atoms with Crippen LogP contribution in [-0.4, -0.2) is 19.9 Å². The highest BCUT2D eigenvalue weighted by Gasteiger charge is 2.09. The van der Waals surface area contributed by atoms with Gasteiger partial charge in [0.25, 0.3) is 0 Å². The molecular formula is C22H15ClFN5O. The third-order valence-corrected chi connectivity index (χ3v) is 4.89. The van der Waals surface area contributed by atoms with Crippen LogP contribution in [0.5, 0.6) is 5.75 Å². The lowest BCUT2D eigenvalue weighted by Gasteiger charge is -2.10. The van der Waals surface area contributed by atoms with Crippen molar-refractivity contribution in [2.75, 3.05) is 5.32 Å². The highest BCUT2D eigenvalue weighted by atomic mass is 35.5. The normalized spacial score (nSPS) is 11.1. The second-order valence-electron chi connectivity index (χ2n) is 6.64. The Hall–Kier alpha value is -3.71. The van der Waals surface area contributed by atoms with Gasteiger partial charge in [0, 0.05) is 11.1 Å². The maximum atomic E-state index is 13.4. The van der Waals surface area contributed by atoms with Crippen molar-refractivity contribution in [1.82, 2.24) is 19.9 Å². The molecule has 8 heteroatoms. The third-order valence-electron chi connectivity index (χ3n) is 4.60. The minimum atomic E-state index is -0.476. The maximum absolute atomic E-state index is 13.4. The number of fused-ring (bicyclic) bond motifs is 2. The molecule has 0 amide bonds. The van der Waals surface area contributed by atoms with Gasteiger partial charge in [-0.2, -0.15) is 0 Å². The molecule has 0 atom stereocenters. The van der Waals surface area contributed by atoms with Crippen LogP contribution in [0.15, 0.2) is 67.0 Å². The van der Waals surface area contributed by atoms with Crippen molar-refractivity contribution in [2.24, 2.45) is 0 Å². The van der Waals surface area contributed by atoms with Crippen LogP contribution in [-0.2, 0) is 6.61 Å². The second kappa shape index (κ2) is 7.61. The van der Waals surface area contributed by atoms with E-state index in [1.54, 1.807) is 6.07 Å². The van der Waals surface area contributed by atoms with Gasteiger partial charge in [0.05, 0.1) is 21.6 Å². The first-order valence-electron chi connectivity index (χ1n) is 9.19. The molecule has 0 saturated heterocycles. The Labute approximate surface area is 175 Å². The number of nitrogens with one attached hydrogen (secondary N) is 2. The van der Waals surface area contributed by atoms with Crippen molar-refractivity contribution >= 4 is 45.0 Å². The quantitative estimate of drug-likeness (QED) is 0.386. The van der Waals surface area contributed by atoms with Crippen molar-refractivity contribution in [2.45, 2.75) is 6.61 Å². The van der Waals surface area contributed by atoms with E-state index >= 15 is 0 Å². The number of H-pyrrole nitrogens is 1. The predicted octanol–water partition coefficient (Wildman–Crippen LogP) is 5.62. The number of anilines is 2.